The van der Waals surface area contributed by atoms with Crippen molar-refractivity contribution in [3.63, 3.8) is 0 Å². The van der Waals surface area contributed by atoms with Gasteiger partial charge >= 0.3 is 11.9 Å². The highest BCUT2D eigenvalue weighted by atomic mass is 16.2. The first kappa shape index (κ1) is 15.3. The summed E-state index contributed by atoms with van der Waals surface area (Å²) in [4.78, 5) is 17.0. The summed E-state index contributed by atoms with van der Waals surface area (Å²) in [6.07, 6.45) is 0. The van der Waals surface area contributed by atoms with Crippen molar-refractivity contribution in [2.24, 2.45) is 0 Å². The average molecular weight is 308 g/mol. The monoisotopic (exact) mass is 308 g/mol. The third kappa shape index (κ3) is 3.59. The Hall–Kier alpha value is -2.62. The minimum atomic E-state index is 0.0788. The molecule has 0 saturated carbocycles. The lowest BCUT2D eigenvalue weighted by atomic mass is 10.0. The molecule has 1 amide bonds. The summed E-state index contributed by atoms with van der Waals surface area (Å²) in [6.45, 7) is 5.25. The van der Waals surface area contributed by atoms with E-state index in [1.807, 2.05) is 42.5 Å². The number of nitrogens with one attached hydrogen (secondary N) is 2. The Morgan fingerprint density at radius 3 is 2.43 bits per heavy atom. The van der Waals surface area contributed by atoms with E-state index in [-0.39, 0.29) is 5.91 Å². The fraction of sp³-hybridized carbons (Fsp3) is 0.263. The van der Waals surface area contributed by atoms with Gasteiger partial charge in [-0.15, -0.1) is 0 Å². The first-order valence-electron chi connectivity index (χ1n) is 7.95. The Balaban J connectivity index is 1.72. The highest BCUT2D eigenvalue weighted by Crippen LogP contribution is 2.17. The maximum atomic E-state index is 12.1. The minimum absolute atomic E-state index is 0.0788. The van der Waals surface area contributed by atoms with Crippen molar-refractivity contribution < 1.29 is 9.79 Å². The van der Waals surface area contributed by atoms with E-state index in [0.717, 1.165) is 17.2 Å². The van der Waals surface area contributed by atoms with Gasteiger partial charge in [0.1, 0.15) is 6.54 Å². The normalized spacial score (nSPS) is 14.3. The van der Waals surface area contributed by atoms with E-state index < -0.39 is 0 Å². The van der Waals surface area contributed by atoms with Crippen LogP contribution >= 0.6 is 0 Å². The molecular formula is C19H22N3O+. The molecule has 0 bridgehead atoms. The standard InChI is InChI=1S/C19H21N3O/c1-14(2)16-8-10-17(11-9-16)21-19-20-12-18(23)22(19)13-15-6-4-3-5-7-15/h3-11,14H,12-13H2,1-2H3,(H,20,21)/p+1. The molecule has 1 aliphatic heterocycles. The van der Waals surface area contributed by atoms with E-state index in [4.69, 9.17) is 0 Å². The van der Waals surface area contributed by atoms with Gasteiger partial charge in [-0.3, -0.25) is 9.79 Å². The lowest BCUT2D eigenvalue weighted by molar-refractivity contribution is -0.438. The third-order valence-electron chi connectivity index (χ3n) is 4.00. The topological polar surface area (TPSA) is 46.3 Å². The van der Waals surface area contributed by atoms with Crippen LogP contribution in [0, 0.1) is 0 Å². The van der Waals surface area contributed by atoms with E-state index in [1.54, 1.807) is 4.90 Å². The first-order chi connectivity index (χ1) is 11.1. The number of carbonyl (C=O) groups is 1. The smallest absolute Gasteiger partial charge is 0.266 e. The van der Waals surface area contributed by atoms with E-state index in [0.29, 0.717) is 19.0 Å². The number of hydrogen-bond acceptors (Lipinski definition) is 2. The van der Waals surface area contributed by atoms with Gasteiger partial charge in [0.25, 0.3) is 0 Å². The van der Waals surface area contributed by atoms with E-state index >= 15 is 0 Å². The van der Waals surface area contributed by atoms with Gasteiger partial charge in [-0.25, -0.2) is 5.32 Å². The summed E-state index contributed by atoms with van der Waals surface area (Å²) in [5.41, 5.74) is 3.39. The molecule has 1 aliphatic rings. The van der Waals surface area contributed by atoms with E-state index in [2.05, 4.69) is 36.3 Å². The number of anilines is 1. The number of amides is 1. The molecule has 118 valence electrons. The lowest BCUT2D eigenvalue weighted by Gasteiger charge is -2.13. The maximum Gasteiger partial charge on any atom is 0.358 e. The van der Waals surface area contributed by atoms with Crippen molar-refractivity contribution in [2.45, 2.75) is 26.3 Å². The lowest BCUT2D eigenvalue weighted by Crippen LogP contribution is -2.72. The second-order valence-electron chi connectivity index (χ2n) is 6.07. The van der Waals surface area contributed by atoms with Crippen LogP contribution in [0.25, 0.3) is 0 Å². The highest BCUT2D eigenvalue weighted by Gasteiger charge is 2.32. The molecule has 0 saturated heterocycles. The molecule has 0 spiro atoms. The van der Waals surface area contributed by atoms with Gasteiger partial charge in [0.05, 0.1) is 5.69 Å². The summed E-state index contributed by atoms with van der Waals surface area (Å²) in [5.74, 6) is 1.34. The molecule has 0 aliphatic carbocycles. The number of guanidine groups is 1. The number of nitrogens with zero attached hydrogens (tertiary/aromatic N) is 1. The number of carbonyl (C=O) groups excluding carboxylic acids is 1. The fourth-order valence-corrected chi connectivity index (χ4v) is 2.61. The average Bonchev–Trinajstić information content (AvgIpc) is 2.89. The summed E-state index contributed by atoms with van der Waals surface area (Å²) in [6, 6.07) is 18.3. The molecule has 3 rings (SSSR count). The van der Waals surface area contributed by atoms with Crippen LogP contribution in [-0.2, 0) is 11.3 Å². The second-order valence-corrected chi connectivity index (χ2v) is 6.07. The van der Waals surface area contributed by atoms with Crippen molar-refractivity contribution in [3.05, 3.63) is 65.7 Å². The molecule has 0 unspecified atom stereocenters. The SMILES string of the molecule is CC(C)c1ccc(NC2=[NH+]CC(=O)N2Cc2ccccc2)cc1. The summed E-state index contributed by atoms with van der Waals surface area (Å²) >= 11 is 0. The largest absolute Gasteiger partial charge is 0.358 e. The molecular weight excluding hydrogens is 286 g/mol. The zero-order chi connectivity index (χ0) is 16.2. The summed E-state index contributed by atoms with van der Waals surface area (Å²) in [5, 5.41) is 3.32. The summed E-state index contributed by atoms with van der Waals surface area (Å²) < 4.78 is 0. The molecule has 2 aromatic carbocycles. The highest BCUT2D eigenvalue weighted by molar-refractivity contribution is 6.04. The van der Waals surface area contributed by atoms with E-state index in [1.165, 1.54) is 5.56 Å². The summed E-state index contributed by atoms with van der Waals surface area (Å²) in [7, 11) is 0. The molecule has 4 nitrogen and oxygen atoms in total. The quantitative estimate of drug-likeness (QED) is 0.903. The van der Waals surface area contributed by atoms with Crippen LogP contribution < -0.4 is 10.3 Å². The van der Waals surface area contributed by atoms with Gasteiger partial charge in [0, 0.05) is 0 Å². The van der Waals surface area contributed by atoms with Crippen LogP contribution in [0.1, 0.15) is 30.9 Å². The van der Waals surface area contributed by atoms with Crippen LogP contribution in [0.5, 0.6) is 0 Å². The first-order valence-corrected chi connectivity index (χ1v) is 7.95. The Morgan fingerprint density at radius 2 is 1.78 bits per heavy atom. The van der Waals surface area contributed by atoms with Crippen LogP contribution in [0.3, 0.4) is 0 Å². The van der Waals surface area contributed by atoms with Crippen molar-refractivity contribution in [3.8, 4) is 0 Å². The predicted molar refractivity (Wildman–Crippen MR) is 92.0 cm³/mol. The molecule has 0 aromatic heterocycles. The van der Waals surface area contributed by atoms with Crippen LogP contribution in [-0.4, -0.2) is 23.3 Å². The molecule has 2 aromatic rings. The Kier molecular flexibility index (Phi) is 4.42. The van der Waals surface area contributed by atoms with Gasteiger partial charge in [0.15, 0.2) is 6.54 Å². The van der Waals surface area contributed by atoms with Crippen molar-refractivity contribution >= 4 is 17.6 Å². The van der Waals surface area contributed by atoms with Crippen molar-refractivity contribution in [1.82, 2.24) is 4.90 Å². The van der Waals surface area contributed by atoms with Gasteiger partial charge in [0.2, 0.25) is 0 Å². The zero-order valence-corrected chi connectivity index (χ0v) is 13.5. The third-order valence-corrected chi connectivity index (χ3v) is 4.00. The zero-order valence-electron chi connectivity index (χ0n) is 13.5. The number of benzene rings is 2. The molecule has 0 fully saturated rings. The fourth-order valence-electron chi connectivity index (χ4n) is 2.61. The second kappa shape index (κ2) is 6.65. The van der Waals surface area contributed by atoms with Crippen LogP contribution in [0.15, 0.2) is 54.6 Å². The van der Waals surface area contributed by atoms with Crippen molar-refractivity contribution in [2.75, 3.05) is 11.9 Å². The van der Waals surface area contributed by atoms with Crippen molar-refractivity contribution in [1.29, 1.82) is 0 Å². The molecule has 0 atom stereocenters. The van der Waals surface area contributed by atoms with Gasteiger partial charge < -0.3 is 0 Å². The maximum absolute atomic E-state index is 12.1. The number of hydrogen-bond donors (Lipinski definition) is 2. The van der Waals surface area contributed by atoms with Crippen LogP contribution in [0.4, 0.5) is 5.69 Å². The van der Waals surface area contributed by atoms with Gasteiger partial charge in [-0.2, -0.15) is 4.90 Å². The van der Waals surface area contributed by atoms with Crippen LogP contribution in [0.2, 0.25) is 0 Å². The minimum Gasteiger partial charge on any atom is -0.266 e. The van der Waals surface area contributed by atoms with Gasteiger partial charge in [-0.1, -0.05) is 56.3 Å². The molecule has 1 heterocycles. The van der Waals surface area contributed by atoms with E-state index in [9.17, 15) is 4.79 Å². The number of rotatable bonds is 4. The molecule has 0 radical (unpaired) electrons. The molecule has 23 heavy (non-hydrogen) atoms. The Labute approximate surface area is 136 Å². The Morgan fingerprint density at radius 1 is 1.09 bits per heavy atom. The predicted octanol–water partition coefficient (Wildman–Crippen LogP) is 1.70. The molecule has 4 heteroatoms. The Bertz CT molecular complexity index is 705. The van der Waals surface area contributed by atoms with Gasteiger partial charge in [-0.05, 0) is 29.2 Å². The molecule has 2 N–H and O–H groups in total.